The van der Waals surface area contributed by atoms with Crippen molar-refractivity contribution in [2.24, 2.45) is 11.7 Å². The third-order valence-electron chi connectivity index (χ3n) is 4.36. The lowest BCUT2D eigenvalue weighted by Gasteiger charge is -2.30. The second-order valence-electron chi connectivity index (χ2n) is 5.84. The SMILES string of the molecule is COc1cc(C#N)ccc1S(=O)(=O)NC(CN)C1CCCCC1.Cl. The van der Waals surface area contributed by atoms with Crippen molar-refractivity contribution in [1.29, 1.82) is 5.26 Å². The molecule has 0 aliphatic heterocycles. The van der Waals surface area contributed by atoms with E-state index in [1.807, 2.05) is 6.07 Å². The highest BCUT2D eigenvalue weighted by atomic mass is 35.5. The number of sulfonamides is 1. The molecular weight excluding hydrogens is 350 g/mol. The van der Waals surface area contributed by atoms with Crippen molar-refractivity contribution < 1.29 is 13.2 Å². The molecule has 0 spiro atoms. The summed E-state index contributed by atoms with van der Waals surface area (Å²) in [6, 6.07) is 5.98. The zero-order valence-electron chi connectivity index (χ0n) is 13.7. The number of halogens is 1. The molecule has 2 rings (SSSR count). The topological polar surface area (TPSA) is 105 Å². The maximum atomic E-state index is 12.7. The predicted molar refractivity (Wildman–Crippen MR) is 94.7 cm³/mol. The van der Waals surface area contributed by atoms with E-state index < -0.39 is 10.0 Å². The number of nitrogens with two attached hydrogens (primary N) is 1. The van der Waals surface area contributed by atoms with Gasteiger partial charge in [-0.1, -0.05) is 19.3 Å². The number of nitrogens with one attached hydrogen (secondary N) is 1. The van der Waals surface area contributed by atoms with Crippen LogP contribution in [0.5, 0.6) is 5.75 Å². The average molecular weight is 374 g/mol. The summed E-state index contributed by atoms with van der Waals surface area (Å²) in [5.41, 5.74) is 6.15. The second-order valence-corrected chi connectivity index (χ2v) is 7.52. The molecule has 6 nitrogen and oxygen atoms in total. The van der Waals surface area contributed by atoms with E-state index in [-0.39, 0.29) is 41.6 Å². The average Bonchev–Trinajstić information content (AvgIpc) is 2.59. The molecule has 0 heterocycles. The van der Waals surface area contributed by atoms with Crippen LogP contribution in [0.4, 0.5) is 0 Å². The van der Waals surface area contributed by atoms with Gasteiger partial charge in [0.25, 0.3) is 0 Å². The van der Waals surface area contributed by atoms with Gasteiger partial charge in [0.1, 0.15) is 10.6 Å². The minimum Gasteiger partial charge on any atom is -0.495 e. The lowest BCUT2D eigenvalue weighted by molar-refractivity contribution is 0.294. The van der Waals surface area contributed by atoms with Crippen LogP contribution in [0.15, 0.2) is 23.1 Å². The largest absolute Gasteiger partial charge is 0.495 e. The Kier molecular flexibility index (Phi) is 7.97. The number of hydrogen-bond donors (Lipinski definition) is 2. The molecule has 0 amide bonds. The summed E-state index contributed by atoms with van der Waals surface area (Å²) in [5.74, 6) is 0.434. The van der Waals surface area contributed by atoms with Gasteiger partial charge in [0.2, 0.25) is 10.0 Å². The third kappa shape index (κ3) is 4.84. The lowest BCUT2D eigenvalue weighted by Crippen LogP contribution is -2.45. The van der Waals surface area contributed by atoms with Gasteiger partial charge in [-0.05, 0) is 37.0 Å². The van der Waals surface area contributed by atoms with Gasteiger partial charge in [-0.2, -0.15) is 5.26 Å². The Hall–Kier alpha value is -1.33. The fraction of sp³-hybridized carbons (Fsp3) is 0.562. The number of hydrogen-bond acceptors (Lipinski definition) is 5. The minimum atomic E-state index is -3.75. The van der Waals surface area contributed by atoms with E-state index in [0.29, 0.717) is 5.56 Å². The standard InChI is InChI=1S/C16H23N3O3S.ClH/c1-22-15-9-12(10-17)7-8-16(15)23(20,21)19-14(11-18)13-5-3-2-4-6-13;/h7-9,13-14,19H,2-6,11,18H2,1H3;1H. The van der Waals surface area contributed by atoms with Gasteiger partial charge in [-0.3, -0.25) is 0 Å². The van der Waals surface area contributed by atoms with Crippen LogP contribution in [0.2, 0.25) is 0 Å². The molecule has 1 atom stereocenters. The monoisotopic (exact) mass is 373 g/mol. The summed E-state index contributed by atoms with van der Waals surface area (Å²) in [7, 11) is -2.37. The number of methoxy groups -OCH3 is 1. The van der Waals surface area contributed by atoms with Crippen molar-refractivity contribution in [2.45, 2.75) is 43.0 Å². The molecule has 0 radical (unpaired) electrons. The molecule has 1 aliphatic rings. The first kappa shape index (κ1) is 20.7. The zero-order valence-corrected chi connectivity index (χ0v) is 15.3. The fourth-order valence-electron chi connectivity index (χ4n) is 3.10. The van der Waals surface area contributed by atoms with Crippen LogP contribution >= 0.6 is 12.4 Å². The van der Waals surface area contributed by atoms with Crippen LogP contribution in [-0.2, 0) is 10.0 Å². The molecule has 3 N–H and O–H groups in total. The highest BCUT2D eigenvalue weighted by Crippen LogP contribution is 2.29. The Labute approximate surface area is 149 Å². The fourth-order valence-corrected chi connectivity index (χ4v) is 4.56. The Morgan fingerprint density at radius 1 is 1.38 bits per heavy atom. The maximum Gasteiger partial charge on any atom is 0.244 e. The first-order chi connectivity index (χ1) is 11.0. The van der Waals surface area contributed by atoms with Crippen molar-refractivity contribution in [2.75, 3.05) is 13.7 Å². The van der Waals surface area contributed by atoms with Crippen LogP contribution in [-0.4, -0.2) is 28.1 Å². The van der Waals surface area contributed by atoms with Gasteiger partial charge in [-0.15, -0.1) is 12.4 Å². The summed E-state index contributed by atoms with van der Waals surface area (Å²) < 4.78 is 33.2. The molecule has 1 aliphatic carbocycles. The molecule has 1 fully saturated rings. The van der Waals surface area contributed by atoms with Crippen LogP contribution in [0.25, 0.3) is 0 Å². The molecule has 1 saturated carbocycles. The van der Waals surface area contributed by atoms with Crippen LogP contribution in [0.1, 0.15) is 37.7 Å². The summed E-state index contributed by atoms with van der Waals surface area (Å²) in [6.45, 7) is 0.266. The molecule has 1 aromatic carbocycles. The molecular formula is C16H24ClN3O3S. The van der Waals surface area contributed by atoms with Gasteiger partial charge < -0.3 is 10.5 Å². The van der Waals surface area contributed by atoms with Gasteiger partial charge in [0.05, 0.1) is 18.7 Å². The van der Waals surface area contributed by atoms with Crippen LogP contribution < -0.4 is 15.2 Å². The maximum absolute atomic E-state index is 12.7. The van der Waals surface area contributed by atoms with E-state index in [9.17, 15) is 8.42 Å². The van der Waals surface area contributed by atoms with E-state index in [1.165, 1.54) is 31.7 Å². The number of nitriles is 1. The first-order valence-corrected chi connectivity index (χ1v) is 9.30. The summed E-state index contributed by atoms with van der Waals surface area (Å²) in [5, 5.41) is 8.92. The molecule has 0 saturated heterocycles. The van der Waals surface area contributed by atoms with Gasteiger partial charge in [0, 0.05) is 12.6 Å². The summed E-state index contributed by atoms with van der Waals surface area (Å²) >= 11 is 0. The van der Waals surface area contributed by atoms with Crippen molar-refractivity contribution in [3.63, 3.8) is 0 Å². The first-order valence-electron chi connectivity index (χ1n) is 7.82. The van der Waals surface area contributed by atoms with Gasteiger partial charge in [-0.25, -0.2) is 13.1 Å². The lowest BCUT2D eigenvalue weighted by atomic mass is 9.84. The van der Waals surface area contributed by atoms with Crippen LogP contribution in [0, 0.1) is 17.2 Å². The molecule has 1 unspecified atom stereocenters. The number of nitrogens with zero attached hydrogens (tertiary/aromatic N) is 1. The van der Waals surface area contributed by atoms with Crippen molar-refractivity contribution in [3.05, 3.63) is 23.8 Å². The third-order valence-corrected chi connectivity index (χ3v) is 5.89. The van der Waals surface area contributed by atoms with Gasteiger partial charge >= 0.3 is 0 Å². The normalized spacial score (nSPS) is 16.7. The van der Waals surface area contributed by atoms with E-state index in [4.69, 9.17) is 15.7 Å². The van der Waals surface area contributed by atoms with Crippen LogP contribution in [0.3, 0.4) is 0 Å². The number of benzene rings is 1. The Morgan fingerprint density at radius 2 is 2.04 bits per heavy atom. The number of rotatable bonds is 6. The Morgan fingerprint density at radius 3 is 2.58 bits per heavy atom. The van der Waals surface area contributed by atoms with Gasteiger partial charge in [0.15, 0.2) is 0 Å². The second kappa shape index (κ2) is 9.23. The van der Waals surface area contributed by atoms with Crippen molar-refractivity contribution in [3.8, 4) is 11.8 Å². The number of ether oxygens (including phenoxy) is 1. The van der Waals surface area contributed by atoms with E-state index in [0.717, 1.165) is 25.7 Å². The highest BCUT2D eigenvalue weighted by Gasteiger charge is 2.29. The zero-order chi connectivity index (χ0) is 16.9. The molecule has 8 heteroatoms. The molecule has 1 aromatic rings. The van der Waals surface area contributed by atoms with Crippen molar-refractivity contribution in [1.82, 2.24) is 4.72 Å². The predicted octanol–water partition coefficient (Wildman–Crippen LogP) is 2.17. The minimum absolute atomic E-state index is 0. The molecule has 0 aromatic heterocycles. The van der Waals surface area contributed by atoms with E-state index in [2.05, 4.69) is 4.72 Å². The smallest absolute Gasteiger partial charge is 0.244 e. The molecule has 24 heavy (non-hydrogen) atoms. The Bertz CT molecular complexity index is 682. The van der Waals surface area contributed by atoms with Crippen molar-refractivity contribution >= 4 is 22.4 Å². The molecule has 0 bridgehead atoms. The highest BCUT2D eigenvalue weighted by molar-refractivity contribution is 7.89. The summed E-state index contributed by atoms with van der Waals surface area (Å²) in [6.07, 6.45) is 5.42. The van der Waals surface area contributed by atoms with E-state index in [1.54, 1.807) is 0 Å². The molecule has 134 valence electrons. The Balaban J connectivity index is 0.00000288. The summed E-state index contributed by atoms with van der Waals surface area (Å²) in [4.78, 5) is 0.0354. The quantitative estimate of drug-likeness (QED) is 0.794. The van der Waals surface area contributed by atoms with E-state index >= 15 is 0 Å².